The number of phenolic OH excluding ortho intramolecular Hbond substituents is 1. The van der Waals surface area contributed by atoms with E-state index in [0.717, 1.165) is 12.1 Å². The number of nitro groups is 1. The van der Waals surface area contributed by atoms with Crippen molar-refractivity contribution in [3.8, 4) is 11.8 Å². The minimum atomic E-state index is -0.838. The monoisotopic (exact) mass is 196 g/mol. The smallest absolute Gasteiger partial charge is 0.311 e. The Morgan fingerprint density at radius 1 is 1.64 bits per heavy atom. The average molecular weight is 196 g/mol. The number of hydrogen-bond acceptors (Lipinski definition) is 4. The fourth-order valence-electron chi connectivity index (χ4n) is 0.994. The molecule has 0 aliphatic heterocycles. The number of benzene rings is 1. The summed E-state index contributed by atoms with van der Waals surface area (Å²) >= 11 is 0. The van der Waals surface area contributed by atoms with Crippen LogP contribution in [0.5, 0.6) is 5.75 Å². The zero-order valence-corrected chi connectivity index (χ0v) is 6.90. The van der Waals surface area contributed by atoms with E-state index in [2.05, 4.69) is 0 Å². The predicted octanol–water partition coefficient (Wildman–Crippen LogP) is 1.51. The molecule has 5 nitrogen and oxygen atoms in total. The zero-order valence-electron chi connectivity index (χ0n) is 6.90. The van der Waals surface area contributed by atoms with Gasteiger partial charge in [0.1, 0.15) is 5.82 Å². The molecule has 0 aliphatic rings. The van der Waals surface area contributed by atoms with E-state index in [1.807, 2.05) is 0 Å². The SMILES string of the molecule is N#CCc1c(F)ccc([N+](=O)[O-])c1O. The molecule has 0 spiro atoms. The average Bonchev–Trinajstić information content (AvgIpc) is 2.11. The lowest BCUT2D eigenvalue weighted by molar-refractivity contribution is -0.386. The summed E-state index contributed by atoms with van der Waals surface area (Å²) < 4.78 is 12.9. The van der Waals surface area contributed by atoms with Crippen molar-refractivity contribution in [2.75, 3.05) is 0 Å². The van der Waals surface area contributed by atoms with Crippen LogP contribution in [0.1, 0.15) is 5.56 Å². The molecule has 0 saturated heterocycles. The van der Waals surface area contributed by atoms with Gasteiger partial charge in [0.2, 0.25) is 5.75 Å². The van der Waals surface area contributed by atoms with Crippen molar-refractivity contribution in [3.63, 3.8) is 0 Å². The fourth-order valence-corrected chi connectivity index (χ4v) is 0.994. The first kappa shape index (κ1) is 9.92. The molecule has 72 valence electrons. The first-order valence-electron chi connectivity index (χ1n) is 3.59. The molecule has 0 heterocycles. The van der Waals surface area contributed by atoms with Gasteiger partial charge in [-0.3, -0.25) is 10.1 Å². The molecule has 0 bridgehead atoms. The van der Waals surface area contributed by atoms with Gasteiger partial charge >= 0.3 is 5.69 Å². The van der Waals surface area contributed by atoms with E-state index in [1.54, 1.807) is 6.07 Å². The molecule has 0 fully saturated rings. The lowest BCUT2D eigenvalue weighted by Gasteiger charge is -2.01. The fraction of sp³-hybridized carbons (Fsp3) is 0.125. The minimum Gasteiger partial charge on any atom is -0.502 e. The molecule has 1 aromatic rings. The van der Waals surface area contributed by atoms with E-state index >= 15 is 0 Å². The molecule has 14 heavy (non-hydrogen) atoms. The number of nitro benzene ring substituents is 1. The number of aromatic hydroxyl groups is 1. The van der Waals surface area contributed by atoms with Crippen LogP contribution >= 0.6 is 0 Å². The molecule has 1 N–H and O–H groups in total. The molecular weight excluding hydrogens is 191 g/mol. The largest absolute Gasteiger partial charge is 0.502 e. The Balaban J connectivity index is 3.35. The van der Waals surface area contributed by atoms with E-state index in [9.17, 15) is 19.6 Å². The van der Waals surface area contributed by atoms with Gasteiger partial charge in [0.15, 0.2) is 0 Å². The quantitative estimate of drug-likeness (QED) is 0.573. The number of rotatable bonds is 2. The first-order chi connectivity index (χ1) is 6.57. The zero-order chi connectivity index (χ0) is 10.7. The van der Waals surface area contributed by atoms with Crippen LogP contribution in [0, 0.1) is 27.3 Å². The van der Waals surface area contributed by atoms with Crippen molar-refractivity contribution < 1.29 is 14.4 Å². The van der Waals surface area contributed by atoms with Gasteiger partial charge in [0, 0.05) is 6.07 Å². The second kappa shape index (κ2) is 3.70. The summed E-state index contributed by atoms with van der Waals surface area (Å²) in [4.78, 5) is 9.49. The number of nitrogens with zero attached hydrogens (tertiary/aromatic N) is 2. The molecule has 0 unspecified atom stereocenters. The third-order valence-corrected chi connectivity index (χ3v) is 1.66. The van der Waals surface area contributed by atoms with Crippen molar-refractivity contribution in [1.29, 1.82) is 5.26 Å². The Bertz CT molecular complexity index is 425. The van der Waals surface area contributed by atoms with E-state index < -0.39 is 28.6 Å². The number of nitriles is 1. The molecule has 0 aliphatic carbocycles. The Morgan fingerprint density at radius 3 is 2.79 bits per heavy atom. The van der Waals surface area contributed by atoms with Crippen LogP contribution in [0.3, 0.4) is 0 Å². The van der Waals surface area contributed by atoms with Crippen LogP contribution in [-0.2, 0) is 6.42 Å². The highest BCUT2D eigenvalue weighted by Crippen LogP contribution is 2.31. The summed E-state index contributed by atoms with van der Waals surface area (Å²) in [5.74, 6) is -1.61. The van der Waals surface area contributed by atoms with Gasteiger partial charge in [-0.05, 0) is 6.07 Å². The van der Waals surface area contributed by atoms with Gasteiger partial charge in [-0.2, -0.15) is 5.26 Å². The second-order valence-corrected chi connectivity index (χ2v) is 2.49. The maximum Gasteiger partial charge on any atom is 0.311 e. The Morgan fingerprint density at radius 2 is 2.29 bits per heavy atom. The van der Waals surface area contributed by atoms with Crippen LogP contribution < -0.4 is 0 Å². The lowest BCUT2D eigenvalue weighted by atomic mass is 10.1. The van der Waals surface area contributed by atoms with Gasteiger partial charge in [0.25, 0.3) is 0 Å². The van der Waals surface area contributed by atoms with Crippen LogP contribution in [0.15, 0.2) is 12.1 Å². The van der Waals surface area contributed by atoms with Gasteiger partial charge < -0.3 is 5.11 Å². The first-order valence-corrected chi connectivity index (χ1v) is 3.59. The maximum atomic E-state index is 12.9. The Labute approximate surface area is 78.2 Å². The van der Waals surface area contributed by atoms with Gasteiger partial charge in [-0.15, -0.1) is 0 Å². The molecular formula is C8H5FN2O3. The van der Waals surface area contributed by atoms with Crippen LogP contribution in [-0.4, -0.2) is 10.0 Å². The third-order valence-electron chi connectivity index (χ3n) is 1.66. The minimum absolute atomic E-state index is 0.346. The van der Waals surface area contributed by atoms with Crippen molar-refractivity contribution >= 4 is 5.69 Å². The highest BCUT2D eigenvalue weighted by atomic mass is 19.1. The van der Waals surface area contributed by atoms with Gasteiger partial charge in [0.05, 0.1) is 23.0 Å². The van der Waals surface area contributed by atoms with E-state index in [0.29, 0.717) is 0 Å². The number of phenols is 1. The Kier molecular flexibility index (Phi) is 2.62. The summed E-state index contributed by atoms with van der Waals surface area (Å²) in [7, 11) is 0. The van der Waals surface area contributed by atoms with E-state index in [4.69, 9.17) is 5.26 Å². The maximum absolute atomic E-state index is 12.9. The van der Waals surface area contributed by atoms with Gasteiger partial charge in [-0.25, -0.2) is 4.39 Å². The number of halogens is 1. The van der Waals surface area contributed by atoms with Crippen LogP contribution in [0.2, 0.25) is 0 Å². The highest BCUT2D eigenvalue weighted by Gasteiger charge is 2.19. The summed E-state index contributed by atoms with van der Waals surface area (Å²) in [6, 6.07) is 3.31. The van der Waals surface area contributed by atoms with Crippen molar-refractivity contribution in [2.24, 2.45) is 0 Å². The highest BCUT2D eigenvalue weighted by molar-refractivity contribution is 5.51. The van der Waals surface area contributed by atoms with Crippen molar-refractivity contribution in [3.05, 3.63) is 33.6 Å². The summed E-state index contributed by atoms with van der Waals surface area (Å²) in [6.45, 7) is 0. The van der Waals surface area contributed by atoms with Gasteiger partial charge in [-0.1, -0.05) is 0 Å². The molecule has 0 aromatic heterocycles. The van der Waals surface area contributed by atoms with Crippen LogP contribution in [0.25, 0.3) is 0 Å². The third kappa shape index (κ3) is 1.61. The van der Waals surface area contributed by atoms with E-state index in [-0.39, 0.29) is 5.56 Å². The standard InChI is InChI=1S/C8H5FN2O3/c9-6-1-2-7(11(13)14)8(12)5(6)3-4-10/h1-2,12H,3H2. The van der Waals surface area contributed by atoms with Crippen molar-refractivity contribution in [1.82, 2.24) is 0 Å². The van der Waals surface area contributed by atoms with E-state index in [1.165, 1.54) is 0 Å². The second-order valence-electron chi connectivity index (χ2n) is 2.49. The predicted molar refractivity (Wildman–Crippen MR) is 44.0 cm³/mol. The summed E-state index contributed by atoms with van der Waals surface area (Å²) in [6.07, 6.45) is -0.403. The normalized spacial score (nSPS) is 9.43. The number of hydrogen-bond donors (Lipinski definition) is 1. The molecule has 0 atom stereocenters. The summed E-state index contributed by atoms with van der Waals surface area (Å²) in [5.41, 5.74) is -0.946. The molecule has 0 radical (unpaired) electrons. The Hall–Kier alpha value is -2.16. The molecule has 0 saturated carbocycles. The summed E-state index contributed by atoms with van der Waals surface area (Å²) in [5, 5.41) is 27.9. The van der Waals surface area contributed by atoms with Crippen molar-refractivity contribution in [2.45, 2.75) is 6.42 Å². The van der Waals surface area contributed by atoms with Crippen LogP contribution in [0.4, 0.5) is 10.1 Å². The topological polar surface area (TPSA) is 87.2 Å². The molecule has 1 aromatic carbocycles. The molecule has 1 rings (SSSR count). The lowest BCUT2D eigenvalue weighted by Crippen LogP contribution is -1.95. The molecule has 0 amide bonds. The molecule has 6 heteroatoms.